The van der Waals surface area contributed by atoms with Gasteiger partial charge < -0.3 is 35.2 Å². The first-order valence-electron chi connectivity index (χ1n) is 14.5. The fraction of sp³-hybridized carbons (Fsp3) is 0.600. The Morgan fingerprint density at radius 1 is 1.12 bits per heavy atom. The summed E-state index contributed by atoms with van der Waals surface area (Å²) in [5.41, 5.74) is -0.0467. The summed E-state index contributed by atoms with van der Waals surface area (Å²) in [6.07, 6.45) is 2.46. The van der Waals surface area contributed by atoms with E-state index in [0.717, 1.165) is 5.39 Å². The molecule has 0 saturated carbocycles. The lowest BCUT2D eigenvalue weighted by Gasteiger charge is -2.30. The van der Waals surface area contributed by atoms with Crippen molar-refractivity contribution >= 4 is 46.2 Å². The standard InChI is InChI=1S/C30H45N7O6/c1-29(2,3)43-28(41)36(7)13-11-24(38)32-17-30(4,5)16-25(39)37-12-9-10-22(37)27(40)35-21-14-19-20(15-23(21)42-8)33-18-34-26(19)31-6/h14-15,18,22H,9-13,16-17H2,1-8H3,(H,32,38)(H,35,40)(H,31,33,34). The number of carbonyl (C=O) groups excluding carboxylic acids is 4. The third-order valence-corrected chi connectivity index (χ3v) is 7.10. The first-order chi connectivity index (χ1) is 20.1. The van der Waals surface area contributed by atoms with Crippen LogP contribution in [0.2, 0.25) is 0 Å². The lowest BCUT2D eigenvalue weighted by Crippen LogP contribution is -2.45. The molecular formula is C30H45N7O6. The smallest absolute Gasteiger partial charge is 0.410 e. The molecule has 2 heterocycles. The number of rotatable bonds is 11. The van der Waals surface area contributed by atoms with E-state index >= 15 is 0 Å². The van der Waals surface area contributed by atoms with Crippen LogP contribution in [0.5, 0.6) is 5.75 Å². The highest BCUT2D eigenvalue weighted by Gasteiger charge is 2.36. The lowest BCUT2D eigenvalue weighted by atomic mass is 9.88. The van der Waals surface area contributed by atoms with Crippen molar-refractivity contribution in [3.63, 3.8) is 0 Å². The average Bonchev–Trinajstić information content (AvgIpc) is 3.43. The number of methoxy groups -OCH3 is 1. The molecule has 1 aliphatic rings. The monoisotopic (exact) mass is 599 g/mol. The van der Waals surface area contributed by atoms with Crippen LogP contribution in [-0.4, -0.2) is 96.1 Å². The van der Waals surface area contributed by atoms with Gasteiger partial charge in [0.05, 0.1) is 18.3 Å². The minimum absolute atomic E-state index is 0.105. The van der Waals surface area contributed by atoms with E-state index in [2.05, 4.69) is 25.9 Å². The molecule has 1 saturated heterocycles. The third-order valence-electron chi connectivity index (χ3n) is 7.10. The zero-order valence-corrected chi connectivity index (χ0v) is 26.5. The van der Waals surface area contributed by atoms with Crippen molar-refractivity contribution in [2.24, 2.45) is 5.41 Å². The van der Waals surface area contributed by atoms with Crippen molar-refractivity contribution in [2.45, 2.75) is 71.9 Å². The number of hydrogen-bond acceptors (Lipinski definition) is 9. The highest BCUT2D eigenvalue weighted by molar-refractivity contribution is 6.02. The maximum Gasteiger partial charge on any atom is 0.410 e. The number of hydrogen-bond donors (Lipinski definition) is 3. The van der Waals surface area contributed by atoms with E-state index in [1.54, 1.807) is 51.9 Å². The average molecular weight is 600 g/mol. The quantitative estimate of drug-likeness (QED) is 0.352. The summed E-state index contributed by atoms with van der Waals surface area (Å²) in [4.78, 5) is 62.9. The number of carbonyl (C=O) groups is 4. The molecule has 1 atom stereocenters. The van der Waals surface area contributed by atoms with Crippen LogP contribution in [0.25, 0.3) is 10.9 Å². The van der Waals surface area contributed by atoms with Crippen LogP contribution in [0.4, 0.5) is 16.3 Å². The SMILES string of the molecule is CNc1ncnc2cc(OC)c(NC(=O)C3CCCN3C(=O)CC(C)(C)CNC(=O)CCN(C)C(=O)OC(C)(C)C)cc12. The summed E-state index contributed by atoms with van der Waals surface area (Å²) in [5, 5.41) is 9.56. The van der Waals surface area contributed by atoms with Gasteiger partial charge in [-0.2, -0.15) is 0 Å². The normalized spacial score (nSPS) is 15.2. The molecule has 3 rings (SSSR count). The Labute approximate surface area is 253 Å². The second-order valence-electron chi connectivity index (χ2n) is 12.5. The lowest BCUT2D eigenvalue weighted by molar-refractivity contribution is -0.138. The summed E-state index contributed by atoms with van der Waals surface area (Å²) in [5.74, 6) is 0.381. The van der Waals surface area contributed by atoms with Crippen molar-refractivity contribution < 1.29 is 28.7 Å². The van der Waals surface area contributed by atoms with Gasteiger partial charge in [0.15, 0.2) is 0 Å². The van der Waals surface area contributed by atoms with Gasteiger partial charge in [0.1, 0.15) is 29.5 Å². The van der Waals surface area contributed by atoms with Gasteiger partial charge in [-0.25, -0.2) is 14.8 Å². The molecule has 13 heteroatoms. The number of nitrogens with zero attached hydrogens (tertiary/aromatic N) is 4. The fourth-order valence-electron chi connectivity index (χ4n) is 4.80. The molecule has 43 heavy (non-hydrogen) atoms. The number of aromatic nitrogens is 2. The summed E-state index contributed by atoms with van der Waals surface area (Å²) >= 11 is 0. The number of benzene rings is 1. The summed E-state index contributed by atoms with van der Waals surface area (Å²) < 4.78 is 10.8. The maximum atomic E-state index is 13.4. The second-order valence-corrected chi connectivity index (χ2v) is 12.5. The first-order valence-corrected chi connectivity index (χ1v) is 14.5. The zero-order chi connectivity index (χ0) is 31.9. The molecule has 1 fully saturated rings. The Bertz CT molecular complexity index is 1340. The van der Waals surface area contributed by atoms with Gasteiger partial charge in [-0.15, -0.1) is 0 Å². The molecule has 4 amide bonds. The molecule has 1 aliphatic heterocycles. The van der Waals surface area contributed by atoms with Crippen LogP contribution in [0.15, 0.2) is 18.5 Å². The van der Waals surface area contributed by atoms with Crippen molar-refractivity contribution in [3.8, 4) is 5.75 Å². The predicted molar refractivity (Wildman–Crippen MR) is 164 cm³/mol. The van der Waals surface area contributed by atoms with E-state index in [-0.39, 0.29) is 43.7 Å². The first kappa shape index (κ1) is 33.3. The Balaban J connectivity index is 1.57. The minimum Gasteiger partial charge on any atom is -0.494 e. The fourth-order valence-corrected chi connectivity index (χ4v) is 4.80. The van der Waals surface area contributed by atoms with Gasteiger partial charge in [0.25, 0.3) is 0 Å². The van der Waals surface area contributed by atoms with E-state index in [1.165, 1.54) is 18.3 Å². The summed E-state index contributed by atoms with van der Waals surface area (Å²) in [6.45, 7) is 10.1. The van der Waals surface area contributed by atoms with Crippen molar-refractivity contribution in [3.05, 3.63) is 18.5 Å². The van der Waals surface area contributed by atoms with Gasteiger partial charge in [-0.1, -0.05) is 13.8 Å². The zero-order valence-electron chi connectivity index (χ0n) is 26.5. The molecule has 236 valence electrons. The highest BCUT2D eigenvalue weighted by Crippen LogP contribution is 2.33. The van der Waals surface area contributed by atoms with Crippen molar-refractivity contribution in [1.29, 1.82) is 0 Å². The van der Waals surface area contributed by atoms with Crippen LogP contribution in [-0.2, 0) is 19.1 Å². The van der Waals surface area contributed by atoms with E-state index in [4.69, 9.17) is 9.47 Å². The third kappa shape index (κ3) is 9.16. The number of amides is 4. The van der Waals surface area contributed by atoms with Crippen LogP contribution < -0.4 is 20.7 Å². The van der Waals surface area contributed by atoms with Gasteiger partial charge in [-0.3, -0.25) is 14.4 Å². The van der Waals surface area contributed by atoms with E-state index < -0.39 is 23.2 Å². The van der Waals surface area contributed by atoms with Gasteiger partial charge >= 0.3 is 6.09 Å². The molecule has 1 unspecified atom stereocenters. The molecule has 0 spiro atoms. The van der Waals surface area contributed by atoms with Crippen LogP contribution in [0.1, 0.15) is 60.3 Å². The van der Waals surface area contributed by atoms with Crippen LogP contribution >= 0.6 is 0 Å². The Kier molecular flexibility index (Phi) is 10.8. The molecule has 2 aromatic rings. The maximum absolute atomic E-state index is 13.4. The number of ether oxygens (including phenoxy) is 2. The van der Waals surface area contributed by atoms with Crippen molar-refractivity contribution in [1.82, 2.24) is 25.1 Å². The second kappa shape index (κ2) is 13.9. The molecule has 1 aromatic heterocycles. The van der Waals surface area contributed by atoms with Crippen LogP contribution in [0, 0.1) is 5.41 Å². The summed E-state index contributed by atoms with van der Waals surface area (Å²) in [7, 11) is 4.85. The number of likely N-dealkylation sites (tertiary alicyclic amines) is 1. The van der Waals surface area contributed by atoms with Crippen molar-refractivity contribution in [2.75, 3.05) is 51.5 Å². The van der Waals surface area contributed by atoms with Crippen LogP contribution in [0.3, 0.4) is 0 Å². The Morgan fingerprint density at radius 3 is 2.49 bits per heavy atom. The number of anilines is 2. The predicted octanol–water partition coefficient (Wildman–Crippen LogP) is 3.40. The topological polar surface area (TPSA) is 155 Å². The molecule has 0 aliphatic carbocycles. The molecule has 0 radical (unpaired) electrons. The Morgan fingerprint density at radius 2 is 1.84 bits per heavy atom. The molecule has 13 nitrogen and oxygen atoms in total. The molecule has 3 N–H and O–H groups in total. The number of fused-ring (bicyclic) bond motifs is 1. The molecule has 0 bridgehead atoms. The minimum atomic E-state index is -0.627. The Hall–Kier alpha value is -4.16. The summed E-state index contributed by atoms with van der Waals surface area (Å²) in [6, 6.07) is 2.87. The molecular weight excluding hydrogens is 554 g/mol. The van der Waals surface area contributed by atoms with Gasteiger partial charge in [0.2, 0.25) is 17.7 Å². The molecule has 1 aromatic carbocycles. The highest BCUT2D eigenvalue weighted by atomic mass is 16.6. The van der Waals surface area contributed by atoms with Gasteiger partial charge in [0, 0.05) is 58.0 Å². The largest absolute Gasteiger partial charge is 0.494 e. The van der Waals surface area contributed by atoms with E-state index in [0.29, 0.717) is 42.2 Å². The van der Waals surface area contributed by atoms with E-state index in [1.807, 2.05) is 13.8 Å². The van der Waals surface area contributed by atoms with Gasteiger partial charge in [-0.05, 0) is 45.1 Å². The van der Waals surface area contributed by atoms with E-state index in [9.17, 15) is 19.2 Å². The number of nitrogens with one attached hydrogen (secondary N) is 3.